The summed E-state index contributed by atoms with van der Waals surface area (Å²) in [5.74, 6) is -0.869. The van der Waals surface area contributed by atoms with E-state index >= 15 is 0 Å². The zero-order chi connectivity index (χ0) is 21.7. The van der Waals surface area contributed by atoms with Gasteiger partial charge in [-0.15, -0.1) is 0 Å². The summed E-state index contributed by atoms with van der Waals surface area (Å²) < 4.78 is 15.4. The van der Waals surface area contributed by atoms with Crippen molar-refractivity contribution >= 4 is 23.7 Å². The van der Waals surface area contributed by atoms with Crippen LogP contribution >= 0.6 is 0 Å². The van der Waals surface area contributed by atoms with Crippen molar-refractivity contribution in [3.63, 3.8) is 0 Å². The van der Waals surface area contributed by atoms with Crippen molar-refractivity contribution in [1.82, 2.24) is 10.2 Å². The number of amides is 3. The molecule has 0 radical (unpaired) electrons. The fourth-order valence-electron chi connectivity index (χ4n) is 3.07. The van der Waals surface area contributed by atoms with Gasteiger partial charge in [0, 0.05) is 13.1 Å². The first-order valence-electron chi connectivity index (χ1n) is 9.34. The number of primary amides is 1. The number of carbonyl (C=O) groups is 4. The molecule has 3 atom stereocenters. The zero-order valence-electron chi connectivity index (χ0n) is 17.0. The Hall–Kier alpha value is -2.88. The molecule has 0 saturated carbocycles. The molecular weight excluding hydrogens is 382 g/mol. The number of rotatable bonds is 8. The Morgan fingerprint density at radius 1 is 1.34 bits per heavy atom. The summed E-state index contributed by atoms with van der Waals surface area (Å²) in [5.41, 5.74) is 5.28. The van der Waals surface area contributed by atoms with Gasteiger partial charge in [0.2, 0.25) is 11.8 Å². The highest BCUT2D eigenvalue weighted by Crippen LogP contribution is 2.20. The number of ketones is 1. The van der Waals surface area contributed by atoms with E-state index in [0.717, 1.165) is 4.90 Å². The number of hydrogen-bond donors (Lipinski definition) is 2. The summed E-state index contributed by atoms with van der Waals surface area (Å²) in [4.78, 5) is 50.2. The summed E-state index contributed by atoms with van der Waals surface area (Å²) in [5, 5.41) is 2.54. The first-order valence-corrected chi connectivity index (χ1v) is 9.34. The number of Topliss-reactive ketones (excluding diaryl/α,β-unsaturated/α-hetero) is 1. The Balaban J connectivity index is 2.13. The van der Waals surface area contributed by atoms with Gasteiger partial charge >= 0.3 is 6.09 Å². The highest BCUT2D eigenvalue weighted by molar-refractivity contribution is 5.99. The van der Waals surface area contributed by atoms with Crippen LogP contribution in [0.25, 0.3) is 0 Å². The van der Waals surface area contributed by atoms with E-state index in [0.29, 0.717) is 18.6 Å². The third kappa shape index (κ3) is 5.57. The van der Waals surface area contributed by atoms with Crippen LogP contribution in [-0.4, -0.2) is 60.4 Å². The molecule has 29 heavy (non-hydrogen) atoms. The molecule has 1 aliphatic heterocycles. The Bertz CT molecular complexity index is 774. The lowest BCUT2D eigenvalue weighted by Gasteiger charge is -2.30. The van der Waals surface area contributed by atoms with Crippen LogP contribution in [0.4, 0.5) is 4.79 Å². The minimum Gasteiger partial charge on any atom is -0.466 e. The molecule has 0 aliphatic carbocycles. The average Bonchev–Trinajstić information content (AvgIpc) is 3.23. The topological polar surface area (TPSA) is 141 Å². The molecule has 1 aromatic rings. The minimum atomic E-state index is -1.22. The summed E-state index contributed by atoms with van der Waals surface area (Å²) in [6, 6.07) is -0.600. The van der Waals surface area contributed by atoms with Gasteiger partial charge in [-0.25, -0.2) is 4.79 Å². The van der Waals surface area contributed by atoms with Crippen molar-refractivity contribution in [3.05, 3.63) is 18.1 Å². The summed E-state index contributed by atoms with van der Waals surface area (Å²) in [6.45, 7) is 5.29. The van der Waals surface area contributed by atoms with Gasteiger partial charge in [0.25, 0.3) is 0 Å². The van der Waals surface area contributed by atoms with Crippen molar-refractivity contribution in [3.8, 4) is 5.75 Å². The van der Waals surface area contributed by atoms with Gasteiger partial charge in [-0.3, -0.25) is 14.4 Å². The molecule has 0 aromatic carbocycles. The largest absolute Gasteiger partial charge is 0.466 e. The number of carbonyl (C=O) groups excluding carboxylic acids is 4. The molecule has 1 aliphatic rings. The maximum Gasteiger partial charge on any atom is 0.413 e. The van der Waals surface area contributed by atoms with Gasteiger partial charge in [0.05, 0.1) is 6.26 Å². The van der Waals surface area contributed by atoms with Crippen LogP contribution in [0.2, 0.25) is 0 Å². The molecule has 0 bridgehead atoms. The fraction of sp³-hybridized carbons (Fsp3) is 0.579. The number of nitrogens with zero attached hydrogens (tertiary/aromatic N) is 1. The number of nitrogens with one attached hydrogen (secondary N) is 1. The van der Waals surface area contributed by atoms with Gasteiger partial charge in [-0.2, -0.15) is 0 Å². The highest BCUT2D eigenvalue weighted by atomic mass is 16.6. The molecule has 1 saturated heterocycles. The quantitative estimate of drug-likeness (QED) is 0.646. The number of nitrogens with two attached hydrogens (primary N) is 1. The third-order valence-electron chi connectivity index (χ3n) is 4.70. The second-order valence-corrected chi connectivity index (χ2v) is 7.39. The molecule has 1 aromatic heterocycles. The molecule has 2 unspecified atom stereocenters. The maximum atomic E-state index is 13.0. The van der Waals surface area contributed by atoms with E-state index in [-0.39, 0.29) is 18.3 Å². The molecule has 1 fully saturated rings. The Morgan fingerprint density at radius 3 is 2.59 bits per heavy atom. The highest BCUT2D eigenvalue weighted by Gasteiger charge is 2.45. The van der Waals surface area contributed by atoms with Crippen LogP contribution in [0.3, 0.4) is 0 Å². The second-order valence-electron chi connectivity index (χ2n) is 7.39. The third-order valence-corrected chi connectivity index (χ3v) is 4.70. The standard InChI is InChI=1S/C19H27N3O7/c1-10(2)5-6-12(21-19(26)29-14-7-8-27-11(14)3)18(25)22(4)15-13(23)9-28-16(15)17(20)24/h7-8,10,12,15-16H,5-6,9H2,1-4H3,(H2,20,24)(H,21,26)/t12-,15?,16?/m0/s1. The van der Waals surface area contributed by atoms with Crippen LogP contribution in [0.1, 0.15) is 32.4 Å². The van der Waals surface area contributed by atoms with Crippen molar-refractivity contribution in [1.29, 1.82) is 0 Å². The molecule has 3 amide bonds. The second kappa shape index (κ2) is 9.55. The van der Waals surface area contributed by atoms with Gasteiger partial charge in [0.1, 0.15) is 24.5 Å². The van der Waals surface area contributed by atoms with Crippen molar-refractivity contribution in [2.24, 2.45) is 11.7 Å². The lowest BCUT2D eigenvalue weighted by Crippen LogP contribution is -2.56. The number of aryl methyl sites for hydroxylation is 1. The van der Waals surface area contributed by atoms with Crippen molar-refractivity contribution in [2.45, 2.75) is 51.8 Å². The molecule has 10 heteroatoms. The fourth-order valence-corrected chi connectivity index (χ4v) is 3.07. The number of likely N-dealkylation sites (N-methyl/N-ethyl adjacent to an activating group) is 1. The van der Waals surface area contributed by atoms with Crippen molar-refractivity contribution in [2.75, 3.05) is 13.7 Å². The summed E-state index contributed by atoms with van der Waals surface area (Å²) in [6.07, 6.45) is 0.295. The Morgan fingerprint density at radius 2 is 2.03 bits per heavy atom. The molecule has 3 N–H and O–H groups in total. The zero-order valence-corrected chi connectivity index (χ0v) is 17.0. The van der Waals surface area contributed by atoms with E-state index in [1.807, 2.05) is 13.8 Å². The number of ether oxygens (including phenoxy) is 2. The van der Waals surface area contributed by atoms with E-state index in [1.165, 1.54) is 19.4 Å². The first-order chi connectivity index (χ1) is 13.6. The number of furan rings is 1. The summed E-state index contributed by atoms with van der Waals surface area (Å²) in [7, 11) is 1.38. The predicted molar refractivity (Wildman–Crippen MR) is 101 cm³/mol. The van der Waals surface area contributed by atoms with Crippen LogP contribution in [0, 0.1) is 12.8 Å². The van der Waals surface area contributed by atoms with Crippen molar-refractivity contribution < 1.29 is 33.1 Å². The van der Waals surface area contributed by atoms with Gasteiger partial charge < -0.3 is 29.8 Å². The van der Waals surface area contributed by atoms with E-state index in [4.69, 9.17) is 19.6 Å². The van der Waals surface area contributed by atoms with Crippen LogP contribution in [0.15, 0.2) is 16.7 Å². The Kier molecular flexibility index (Phi) is 7.38. The lowest BCUT2D eigenvalue weighted by molar-refractivity contribution is -0.141. The summed E-state index contributed by atoms with van der Waals surface area (Å²) >= 11 is 0. The van der Waals surface area contributed by atoms with E-state index < -0.39 is 41.9 Å². The average molecular weight is 409 g/mol. The lowest BCUT2D eigenvalue weighted by atomic mass is 10.0. The van der Waals surface area contributed by atoms with E-state index in [9.17, 15) is 19.2 Å². The molecule has 0 spiro atoms. The van der Waals surface area contributed by atoms with Gasteiger partial charge in [-0.1, -0.05) is 13.8 Å². The maximum absolute atomic E-state index is 13.0. The number of hydrogen-bond acceptors (Lipinski definition) is 7. The monoisotopic (exact) mass is 409 g/mol. The normalized spacial score (nSPS) is 19.8. The minimum absolute atomic E-state index is 0.235. The van der Waals surface area contributed by atoms with E-state index in [2.05, 4.69) is 5.32 Å². The molecular formula is C19H27N3O7. The van der Waals surface area contributed by atoms with Crippen LogP contribution < -0.4 is 15.8 Å². The Labute approximate surface area is 168 Å². The molecule has 160 valence electrons. The van der Waals surface area contributed by atoms with E-state index in [1.54, 1.807) is 6.92 Å². The SMILES string of the molecule is Cc1occc1OC(=O)N[C@@H](CCC(C)C)C(=O)N(C)C1C(=O)COC1C(N)=O. The van der Waals surface area contributed by atoms with Crippen LogP contribution in [-0.2, 0) is 19.1 Å². The molecule has 10 nitrogen and oxygen atoms in total. The molecule has 2 heterocycles. The smallest absolute Gasteiger partial charge is 0.413 e. The predicted octanol–water partition coefficient (Wildman–Crippen LogP) is 0.761. The van der Waals surface area contributed by atoms with Gasteiger partial charge in [-0.05, 0) is 25.7 Å². The molecule has 2 rings (SSSR count). The van der Waals surface area contributed by atoms with Crippen LogP contribution in [0.5, 0.6) is 5.75 Å². The first kappa shape index (κ1) is 22.4. The van der Waals surface area contributed by atoms with Gasteiger partial charge in [0.15, 0.2) is 17.6 Å².